The monoisotopic (exact) mass is 270 g/mol. The summed E-state index contributed by atoms with van der Waals surface area (Å²) in [5, 5.41) is 5.22. The average molecular weight is 271 g/mol. The first kappa shape index (κ1) is 10.9. The number of hydrogen-bond acceptors (Lipinski definition) is 2. The molecule has 0 bridgehead atoms. The van der Waals surface area contributed by atoms with Crippen LogP contribution in [0.1, 0.15) is 25.6 Å². The van der Waals surface area contributed by atoms with E-state index in [0.717, 1.165) is 11.9 Å². The van der Waals surface area contributed by atoms with Gasteiger partial charge in [0.1, 0.15) is 0 Å². The van der Waals surface area contributed by atoms with Gasteiger partial charge in [-0.15, -0.1) is 0 Å². The maximum absolute atomic E-state index is 5.47. The lowest BCUT2D eigenvalue weighted by Crippen LogP contribution is -2.08. The smallest absolute Gasteiger partial charge is 0.0742 e. The Kier molecular flexibility index (Phi) is 3.26. The summed E-state index contributed by atoms with van der Waals surface area (Å²) in [4.78, 5) is 0. The van der Waals surface area contributed by atoms with E-state index in [9.17, 15) is 0 Å². The van der Waals surface area contributed by atoms with Gasteiger partial charge in [-0.25, -0.2) is 0 Å². The van der Waals surface area contributed by atoms with Gasteiger partial charge in [0.15, 0.2) is 0 Å². The van der Waals surface area contributed by atoms with E-state index in [1.165, 1.54) is 16.8 Å². The fourth-order valence-electron chi connectivity index (χ4n) is 1.80. The Morgan fingerprint density at radius 1 is 1.53 bits per heavy atom. The highest BCUT2D eigenvalue weighted by atomic mass is 79.9. The largest absolute Gasteiger partial charge is 0.372 e. The van der Waals surface area contributed by atoms with Gasteiger partial charge in [-0.05, 0) is 25.5 Å². The molecule has 0 saturated heterocycles. The van der Waals surface area contributed by atoms with Crippen LogP contribution < -0.4 is 0 Å². The van der Waals surface area contributed by atoms with Gasteiger partial charge in [-0.3, -0.25) is 4.68 Å². The second-order valence-corrected chi connectivity index (χ2v) is 4.52. The summed E-state index contributed by atoms with van der Waals surface area (Å²) in [6.07, 6.45) is 1.85. The molecule has 1 aromatic heterocycles. The van der Waals surface area contributed by atoms with Gasteiger partial charge in [-0.2, -0.15) is 5.10 Å². The lowest BCUT2D eigenvalue weighted by atomic mass is 10.1. The zero-order valence-electron chi connectivity index (χ0n) is 9.03. The highest BCUT2D eigenvalue weighted by molar-refractivity contribution is 9.09. The molecule has 1 aromatic rings. The number of rotatable bonds is 3. The van der Waals surface area contributed by atoms with Gasteiger partial charge in [-0.1, -0.05) is 15.9 Å². The predicted octanol–water partition coefficient (Wildman–Crippen LogP) is 2.64. The van der Waals surface area contributed by atoms with E-state index in [1.54, 1.807) is 0 Å². The first-order valence-electron chi connectivity index (χ1n) is 5.12. The van der Waals surface area contributed by atoms with E-state index in [4.69, 9.17) is 4.74 Å². The lowest BCUT2D eigenvalue weighted by Gasteiger charge is -2.12. The van der Waals surface area contributed by atoms with Crippen molar-refractivity contribution in [3.8, 4) is 0 Å². The van der Waals surface area contributed by atoms with Crippen molar-refractivity contribution in [3.63, 3.8) is 0 Å². The molecule has 82 valence electrons. The standard InChI is InChI=1S/C11H15BrN2O/c1-8(2)14-11(3-4-13-14)10-7-15-6-9(10)5-12/h3-4,8H,5-7H2,1-2H3. The fourth-order valence-corrected chi connectivity index (χ4v) is 2.30. The van der Waals surface area contributed by atoms with Crippen molar-refractivity contribution in [2.24, 2.45) is 0 Å². The van der Waals surface area contributed by atoms with Crippen LogP contribution in [0.2, 0.25) is 0 Å². The molecule has 0 aliphatic carbocycles. The molecule has 0 spiro atoms. The SMILES string of the molecule is CC(C)n1nccc1C1=C(CBr)COC1. The van der Waals surface area contributed by atoms with Gasteiger partial charge in [0.25, 0.3) is 0 Å². The van der Waals surface area contributed by atoms with Crippen molar-refractivity contribution in [1.29, 1.82) is 0 Å². The van der Waals surface area contributed by atoms with Crippen molar-refractivity contribution >= 4 is 21.5 Å². The molecule has 2 heterocycles. The molecule has 1 aliphatic heterocycles. The predicted molar refractivity (Wildman–Crippen MR) is 64.1 cm³/mol. The van der Waals surface area contributed by atoms with Crippen LogP contribution in [-0.4, -0.2) is 28.3 Å². The van der Waals surface area contributed by atoms with Crippen molar-refractivity contribution in [3.05, 3.63) is 23.5 Å². The topological polar surface area (TPSA) is 27.1 Å². The van der Waals surface area contributed by atoms with E-state index >= 15 is 0 Å². The molecule has 0 aromatic carbocycles. The summed E-state index contributed by atoms with van der Waals surface area (Å²) in [5.74, 6) is 0. The minimum Gasteiger partial charge on any atom is -0.372 e. The van der Waals surface area contributed by atoms with Crippen LogP contribution in [-0.2, 0) is 4.74 Å². The molecule has 0 atom stereocenters. The van der Waals surface area contributed by atoms with Crippen LogP contribution in [0, 0.1) is 0 Å². The molecule has 4 heteroatoms. The number of hydrogen-bond donors (Lipinski definition) is 0. The maximum atomic E-state index is 5.47. The molecule has 0 amide bonds. The third kappa shape index (κ3) is 2.01. The Labute approximate surface area is 98.2 Å². The van der Waals surface area contributed by atoms with Crippen LogP contribution in [0.25, 0.3) is 5.57 Å². The molecule has 0 N–H and O–H groups in total. The number of alkyl halides is 1. The third-order valence-corrected chi connectivity index (χ3v) is 3.26. The van der Waals surface area contributed by atoms with Crippen LogP contribution in [0.4, 0.5) is 0 Å². The van der Waals surface area contributed by atoms with Gasteiger partial charge in [0.2, 0.25) is 0 Å². The van der Waals surface area contributed by atoms with Crippen LogP contribution in [0.5, 0.6) is 0 Å². The molecular formula is C11H15BrN2O. The highest BCUT2D eigenvalue weighted by Gasteiger charge is 2.19. The normalized spacial score (nSPS) is 16.8. The Bertz CT molecular complexity index is 382. The second-order valence-electron chi connectivity index (χ2n) is 3.96. The maximum Gasteiger partial charge on any atom is 0.0742 e. The van der Waals surface area contributed by atoms with Crippen molar-refractivity contribution in [2.45, 2.75) is 19.9 Å². The van der Waals surface area contributed by atoms with Gasteiger partial charge in [0, 0.05) is 23.1 Å². The minimum absolute atomic E-state index is 0.389. The Balaban J connectivity index is 2.40. The second kappa shape index (κ2) is 4.49. The minimum atomic E-state index is 0.389. The molecule has 3 nitrogen and oxygen atoms in total. The highest BCUT2D eigenvalue weighted by Crippen LogP contribution is 2.27. The van der Waals surface area contributed by atoms with E-state index < -0.39 is 0 Å². The Morgan fingerprint density at radius 3 is 3.00 bits per heavy atom. The molecule has 0 radical (unpaired) electrons. The number of halogens is 1. The first-order valence-corrected chi connectivity index (χ1v) is 6.24. The summed E-state index contributed by atoms with van der Waals surface area (Å²) in [7, 11) is 0. The lowest BCUT2D eigenvalue weighted by molar-refractivity contribution is 0.211. The number of nitrogens with zero attached hydrogens (tertiary/aromatic N) is 2. The van der Waals surface area contributed by atoms with E-state index in [1.807, 2.05) is 10.9 Å². The summed E-state index contributed by atoms with van der Waals surface area (Å²) in [5.41, 5.74) is 3.81. The summed E-state index contributed by atoms with van der Waals surface area (Å²) < 4.78 is 7.52. The van der Waals surface area contributed by atoms with Gasteiger partial charge < -0.3 is 4.74 Å². The fraction of sp³-hybridized carbons (Fsp3) is 0.545. The van der Waals surface area contributed by atoms with E-state index in [2.05, 4.69) is 40.9 Å². The van der Waals surface area contributed by atoms with Crippen molar-refractivity contribution in [2.75, 3.05) is 18.5 Å². The zero-order chi connectivity index (χ0) is 10.8. The van der Waals surface area contributed by atoms with Crippen molar-refractivity contribution in [1.82, 2.24) is 9.78 Å². The van der Waals surface area contributed by atoms with Gasteiger partial charge >= 0.3 is 0 Å². The Morgan fingerprint density at radius 2 is 2.33 bits per heavy atom. The number of ether oxygens (including phenoxy) is 1. The summed E-state index contributed by atoms with van der Waals surface area (Å²) >= 11 is 3.50. The van der Waals surface area contributed by atoms with Crippen LogP contribution >= 0.6 is 15.9 Å². The van der Waals surface area contributed by atoms with E-state index in [-0.39, 0.29) is 0 Å². The van der Waals surface area contributed by atoms with Crippen LogP contribution in [0.15, 0.2) is 17.8 Å². The van der Waals surface area contributed by atoms with Crippen molar-refractivity contribution < 1.29 is 4.74 Å². The molecule has 15 heavy (non-hydrogen) atoms. The molecule has 0 fully saturated rings. The summed E-state index contributed by atoms with van der Waals surface area (Å²) in [6, 6.07) is 2.45. The molecular weight excluding hydrogens is 256 g/mol. The molecule has 1 aliphatic rings. The van der Waals surface area contributed by atoms with Crippen LogP contribution in [0.3, 0.4) is 0 Å². The third-order valence-electron chi connectivity index (χ3n) is 2.58. The molecule has 0 saturated carbocycles. The zero-order valence-corrected chi connectivity index (χ0v) is 10.6. The summed E-state index contributed by atoms with van der Waals surface area (Å²) in [6.45, 7) is 5.73. The quantitative estimate of drug-likeness (QED) is 0.790. The Hall–Kier alpha value is -0.610. The number of aromatic nitrogens is 2. The first-order chi connectivity index (χ1) is 7.24. The van der Waals surface area contributed by atoms with Gasteiger partial charge in [0.05, 0.1) is 18.9 Å². The average Bonchev–Trinajstić information content (AvgIpc) is 2.85. The van der Waals surface area contributed by atoms with E-state index in [0.29, 0.717) is 12.6 Å². The molecule has 0 unspecified atom stereocenters. The molecule has 2 rings (SSSR count).